The second-order valence-electron chi connectivity index (χ2n) is 10.1. The monoisotopic (exact) mass is 446 g/mol. The number of hydrogen-bond donors (Lipinski definition) is 0. The summed E-state index contributed by atoms with van der Waals surface area (Å²) < 4.78 is 5.49. The fourth-order valence-electron chi connectivity index (χ4n) is 5.24. The minimum atomic E-state index is -0.463. The normalized spacial score (nSPS) is 17.3. The van der Waals surface area contributed by atoms with Crippen molar-refractivity contribution in [2.45, 2.75) is 84.2 Å². The highest BCUT2D eigenvalue weighted by Gasteiger charge is 2.49. The molecule has 1 aliphatic heterocycles. The van der Waals surface area contributed by atoms with Gasteiger partial charge in [-0.15, -0.1) is 0 Å². The van der Waals surface area contributed by atoms with Gasteiger partial charge in [0.05, 0.1) is 13.7 Å². The highest BCUT2D eigenvalue weighted by atomic mass is 16.5. The van der Waals surface area contributed by atoms with E-state index >= 15 is 0 Å². The number of benzene rings is 2. The average Bonchev–Trinajstić information content (AvgIpc) is 3.39. The lowest BCUT2D eigenvalue weighted by Crippen LogP contribution is -2.40. The first-order chi connectivity index (χ1) is 16.0. The first-order valence-corrected chi connectivity index (χ1v) is 12.6. The third-order valence-corrected chi connectivity index (χ3v) is 7.03. The fourth-order valence-corrected chi connectivity index (χ4v) is 5.24. The number of carbonyl (C=O) groups is 1. The number of nitrogens with zero attached hydrogens (tertiary/aromatic N) is 2. The van der Waals surface area contributed by atoms with E-state index in [1.807, 2.05) is 11.0 Å². The summed E-state index contributed by atoms with van der Waals surface area (Å²) in [5, 5.41) is 0. The zero-order chi connectivity index (χ0) is 23.4. The number of carbonyl (C=O) groups excluding carboxylic acids is 1. The number of unbranched alkanes of at least 4 members (excludes halogenated alkanes) is 1. The molecule has 4 nitrogen and oxygen atoms in total. The van der Waals surface area contributed by atoms with E-state index in [4.69, 9.17) is 9.73 Å². The Kier molecular flexibility index (Phi) is 7.21. The topological polar surface area (TPSA) is 41.9 Å². The summed E-state index contributed by atoms with van der Waals surface area (Å²) in [5.74, 6) is 2.69. The van der Waals surface area contributed by atoms with Crippen LogP contribution in [0.3, 0.4) is 0 Å². The molecule has 1 amide bonds. The molecule has 1 fully saturated rings. The molecular weight excluding hydrogens is 408 g/mol. The summed E-state index contributed by atoms with van der Waals surface area (Å²) >= 11 is 0. The molecule has 0 aromatic heterocycles. The van der Waals surface area contributed by atoms with Crippen LogP contribution < -0.4 is 4.74 Å². The molecule has 0 radical (unpaired) electrons. The number of rotatable bonds is 9. The highest BCUT2D eigenvalue weighted by molar-refractivity contribution is 6.08. The molecule has 1 aliphatic carbocycles. The van der Waals surface area contributed by atoms with Gasteiger partial charge in [0.15, 0.2) is 0 Å². The molecule has 2 aliphatic rings. The zero-order valence-electron chi connectivity index (χ0n) is 20.7. The van der Waals surface area contributed by atoms with Gasteiger partial charge in [-0.25, -0.2) is 0 Å². The van der Waals surface area contributed by atoms with E-state index < -0.39 is 5.54 Å². The molecule has 1 heterocycles. The van der Waals surface area contributed by atoms with Gasteiger partial charge in [0.25, 0.3) is 5.91 Å². The SMILES string of the molecule is CCCCC1=NC2(CCCC2)C(=O)N1Cc1ccc(-c2cc(OC)ccc2CC(C)C)cc1. The minimum absolute atomic E-state index is 0.224. The van der Waals surface area contributed by atoms with Gasteiger partial charge in [-0.3, -0.25) is 14.7 Å². The van der Waals surface area contributed by atoms with Crippen molar-refractivity contribution < 1.29 is 9.53 Å². The third kappa shape index (κ3) is 5.00. The predicted molar refractivity (Wildman–Crippen MR) is 136 cm³/mol. The molecule has 0 saturated heterocycles. The molecule has 4 rings (SSSR count). The van der Waals surface area contributed by atoms with E-state index in [2.05, 4.69) is 57.2 Å². The second-order valence-corrected chi connectivity index (χ2v) is 10.1. The number of aliphatic imine (C=N–C) groups is 1. The number of ether oxygens (including phenoxy) is 1. The molecule has 1 saturated carbocycles. The summed E-state index contributed by atoms with van der Waals surface area (Å²) in [7, 11) is 1.71. The molecule has 0 N–H and O–H groups in total. The van der Waals surface area contributed by atoms with E-state index in [1.165, 1.54) is 16.7 Å². The van der Waals surface area contributed by atoms with Crippen LogP contribution >= 0.6 is 0 Å². The van der Waals surface area contributed by atoms with E-state index in [-0.39, 0.29) is 5.91 Å². The Hall–Kier alpha value is -2.62. The maximum absolute atomic E-state index is 13.4. The van der Waals surface area contributed by atoms with Gasteiger partial charge in [-0.2, -0.15) is 0 Å². The van der Waals surface area contributed by atoms with Crippen LogP contribution in [0.4, 0.5) is 0 Å². The van der Waals surface area contributed by atoms with Crippen molar-refractivity contribution in [3.63, 3.8) is 0 Å². The standard InChI is InChI=1S/C29H38N2O2/c1-5-6-9-27-30-29(16-7-8-17-29)28(32)31(27)20-22-10-12-23(13-11-22)26-19-25(33-4)15-14-24(26)18-21(2)3/h10-15,19,21H,5-9,16-18,20H2,1-4H3. The quantitative estimate of drug-likeness (QED) is 0.425. The van der Waals surface area contributed by atoms with Crippen LogP contribution in [-0.4, -0.2) is 29.3 Å². The van der Waals surface area contributed by atoms with Crippen LogP contribution in [0.15, 0.2) is 47.5 Å². The lowest BCUT2D eigenvalue weighted by atomic mass is 9.93. The van der Waals surface area contributed by atoms with Crippen LogP contribution in [0.5, 0.6) is 5.75 Å². The third-order valence-electron chi connectivity index (χ3n) is 7.03. The lowest BCUT2D eigenvalue weighted by molar-refractivity contribution is -0.131. The Morgan fingerprint density at radius 2 is 1.82 bits per heavy atom. The van der Waals surface area contributed by atoms with Crippen molar-refractivity contribution in [1.29, 1.82) is 0 Å². The van der Waals surface area contributed by atoms with Crippen LogP contribution in [0.2, 0.25) is 0 Å². The molecule has 0 bridgehead atoms. The fraction of sp³-hybridized carbons (Fsp3) is 0.517. The Morgan fingerprint density at radius 1 is 1.09 bits per heavy atom. The molecule has 0 atom stereocenters. The average molecular weight is 447 g/mol. The Bertz CT molecular complexity index is 1000. The molecule has 2 aromatic carbocycles. The largest absolute Gasteiger partial charge is 0.497 e. The molecular formula is C29H38N2O2. The van der Waals surface area contributed by atoms with E-state index in [1.54, 1.807) is 7.11 Å². The van der Waals surface area contributed by atoms with Crippen molar-refractivity contribution in [3.05, 3.63) is 53.6 Å². The van der Waals surface area contributed by atoms with Crippen molar-refractivity contribution in [3.8, 4) is 16.9 Å². The van der Waals surface area contributed by atoms with E-state index in [9.17, 15) is 4.79 Å². The van der Waals surface area contributed by atoms with Crippen LogP contribution in [0.25, 0.3) is 11.1 Å². The number of amides is 1. The molecule has 1 spiro atoms. The van der Waals surface area contributed by atoms with Gasteiger partial charge in [-0.05, 0) is 66.0 Å². The van der Waals surface area contributed by atoms with E-state index in [0.717, 1.165) is 68.5 Å². The highest BCUT2D eigenvalue weighted by Crippen LogP contribution is 2.40. The van der Waals surface area contributed by atoms with Crippen molar-refractivity contribution in [2.24, 2.45) is 10.9 Å². The maximum atomic E-state index is 13.4. The number of hydrogen-bond acceptors (Lipinski definition) is 3. The minimum Gasteiger partial charge on any atom is -0.497 e. The molecule has 4 heteroatoms. The number of amidine groups is 1. The summed E-state index contributed by atoms with van der Waals surface area (Å²) in [5.41, 5.74) is 4.44. The van der Waals surface area contributed by atoms with Crippen molar-refractivity contribution in [1.82, 2.24) is 4.90 Å². The zero-order valence-corrected chi connectivity index (χ0v) is 20.7. The molecule has 176 valence electrons. The summed E-state index contributed by atoms with van der Waals surface area (Å²) in [6, 6.07) is 15.1. The summed E-state index contributed by atoms with van der Waals surface area (Å²) in [4.78, 5) is 20.4. The van der Waals surface area contributed by atoms with Gasteiger partial charge < -0.3 is 4.74 Å². The van der Waals surface area contributed by atoms with E-state index in [0.29, 0.717) is 12.5 Å². The molecule has 2 aromatic rings. The van der Waals surface area contributed by atoms with Gasteiger partial charge in [0, 0.05) is 6.42 Å². The van der Waals surface area contributed by atoms with Gasteiger partial charge in [-0.1, -0.05) is 70.4 Å². The Labute approximate surface area is 199 Å². The molecule has 0 unspecified atom stereocenters. The maximum Gasteiger partial charge on any atom is 0.256 e. The van der Waals surface area contributed by atoms with Crippen LogP contribution in [0, 0.1) is 5.92 Å². The van der Waals surface area contributed by atoms with Crippen LogP contribution in [-0.2, 0) is 17.8 Å². The number of methoxy groups -OCH3 is 1. The smallest absolute Gasteiger partial charge is 0.256 e. The Morgan fingerprint density at radius 3 is 2.45 bits per heavy atom. The molecule has 33 heavy (non-hydrogen) atoms. The van der Waals surface area contributed by atoms with Gasteiger partial charge >= 0.3 is 0 Å². The Balaban J connectivity index is 1.56. The first-order valence-electron chi connectivity index (χ1n) is 12.6. The van der Waals surface area contributed by atoms with Crippen LogP contribution in [0.1, 0.15) is 76.8 Å². The summed E-state index contributed by atoms with van der Waals surface area (Å²) in [6.45, 7) is 7.30. The second kappa shape index (κ2) is 10.1. The summed E-state index contributed by atoms with van der Waals surface area (Å²) in [6.07, 6.45) is 8.15. The first kappa shape index (κ1) is 23.5. The van der Waals surface area contributed by atoms with Gasteiger partial charge in [0.1, 0.15) is 17.1 Å². The predicted octanol–water partition coefficient (Wildman–Crippen LogP) is 6.80. The van der Waals surface area contributed by atoms with Gasteiger partial charge in [0.2, 0.25) is 0 Å². The lowest BCUT2D eigenvalue weighted by Gasteiger charge is -2.23. The van der Waals surface area contributed by atoms with Crippen molar-refractivity contribution in [2.75, 3.05) is 7.11 Å². The van der Waals surface area contributed by atoms with Crippen molar-refractivity contribution >= 4 is 11.7 Å².